The molecule has 1 unspecified atom stereocenters. The molecule has 118 valence electrons. The number of benzene rings is 2. The second-order valence-corrected chi connectivity index (χ2v) is 5.41. The molecule has 4 nitrogen and oxygen atoms in total. The number of aromatic nitrogens is 2. The van der Waals surface area contributed by atoms with Crippen molar-refractivity contribution >= 4 is 0 Å². The fraction of sp³-hybridized carbons (Fsp3) is 0.211. The molecule has 0 aliphatic heterocycles. The highest BCUT2D eigenvalue weighted by Crippen LogP contribution is 2.25. The van der Waals surface area contributed by atoms with E-state index in [0.29, 0.717) is 5.82 Å². The Bertz CT molecular complexity index is 778. The predicted octanol–water partition coefficient (Wildman–Crippen LogP) is 3.73. The summed E-state index contributed by atoms with van der Waals surface area (Å²) in [4.78, 5) is 7.51. The minimum atomic E-state index is -0.764. The highest BCUT2D eigenvalue weighted by molar-refractivity contribution is 5.60. The molecule has 3 rings (SSSR count). The van der Waals surface area contributed by atoms with Gasteiger partial charge in [0.1, 0.15) is 17.7 Å². The largest absolute Gasteiger partial charge is 0.497 e. The van der Waals surface area contributed by atoms with Crippen LogP contribution >= 0.6 is 0 Å². The number of aliphatic hydroxyl groups is 1. The summed E-state index contributed by atoms with van der Waals surface area (Å²) in [5, 5.41) is 10.5. The molecule has 0 amide bonds. The Morgan fingerprint density at radius 1 is 1.17 bits per heavy atom. The number of hydrogen-bond donors (Lipinski definition) is 2. The lowest BCUT2D eigenvalue weighted by Gasteiger charge is -2.09. The molecule has 4 heteroatoms. The Balaban J connectivity index is 1.85. The van der Waals surface area contributed by atoms with Gasteiger partial charge in [-0.3, -0.25) is 0 Å². The maximum absolute atomic E-state index is 10.5. The summed E-state index contributed by atoms with van der Waals surface area (Å²) in [6.07, 6.45) is 1.95. The Morgan fingerprint density at radius 2 is 1.96 bits per heavy atom. The molecule has 0 saturated heterocycles. The van der Waals surface area contributed by atoms with Crippen molar-refractivity contribution < 1.29 is 9.84 Å². The van der Waals surface area contributed by atoms with E-state index in [1.54, 1.807) is 13.3 Å². The summed E-state index contributed by atoms with van der Waals surface area (Å²) in [7, 11) is 1.64. The molecule has 2 N–H and O–H groups in total. The van der Waals surface area contributed by atoms with E-state index in [0.717, 1.165) is 29.0 Å². The number of aryl methyl sites for hydroxylation is 1. The third kappa shape index (κ3) is 3.27. The van der Waals surface area contributed by atoms with Gasteiger partial charge in [0.2, 0.25) is 0 Å². The van der Waals surface area contributed by atoms with Crippen LogP contribution in [0.2, 0.25) is 0 Å². The van der Waals surface area contributed by atoms with Crippen LogP contribution in [0.15, 0.2) is 54.7 Å². The highest BCUT2D eigenvalue weighted by atomic mass is 16.5. The van der Waals surface area contributed by atoms with Crippen LogP contribution in [0.4, 0.5) is 0 Å². The van der Waals surface area contributed by atoms with Crippen molar-refractivity contribution in [3.8, 4) is 17.0 Å². The van der Waals surface area contributed by atoms with Crippen LogP contribution in [0.25, 0.3) is 11.3 Å². The first-order valence-corrected chi connectivity index (χ1v) is 7.67. The molecule has 2 aromatic carbocycles. The quantitative estimate of drug-likeness (QED) is 0.755. The molecule has 0 aliphatic carbocycles. The number of H-pyrrole nitrogens is 1. The molecule has 0 fully saturated rings. The second-order valence-electron chi connectivity index (χ2n) is 5.41. The number of nitrogens with zero attached hydrogens (tertiary/aromatic N) is 1. The average molecular weight is 308 g/mol. The van der Waals surface area contributed by atoms with E-state index >= 15 is 0 Å². The zero-order chi connectivity index (χ0) is 16.2. The van der Waals surface area contributed by atoms with E-state index < -0.39 is 6.10 Å². The van der Waals surface area contributed by atoms with E-state index in [1.165, 1.54) is 5.56 Å². The van der Waals surface area contributed by atoms with Gasteiger partial charge < -0.3 is 14.8 Å². The predicted molar refractivity (Wildman–Crippen MR) is 90.5 cm³/mol. The van der Waals surface area contributed by atoms with Crippen LogP contribution in [-0.4, -0.2) is 22.2 Å². The first-order valence-electron chi connectivity index (χ1n) is 7.67. The lowest BCUT2D eigenvalue weighted by molar-refractivity contribution is 0.211. The van der Waals surface area contributed by atoms with Crippen molar-refractivity contribution in [2.45, 2.75) is 19.4 Å². The van der Waals surface area contributed by atoms with E-state index in [9.17, 15) is 5.11 Å². The van der Waals surface area contributed by atoms with Gasteiger partial charge in [-0.25, -0.2) is 4.98 Å². The Kier molecular flexibility index (Phi) is 4.44. The van der Waals surface area contributed by atoms with E-state index in [4.69, 9.17) is 4.74 Å². The third-order valence-electron chi connectivity index (χ3n) is 3.94. The fourth-order valence-corrected chi connectivity index (χ4v) is 2.51. The summed E-state index contributed by atoms with van der Waals surface area (Å²) in [5.41, 5.74) is 3.89. The maximum atomic E-state index is 10.5. The van der Waals surface area contributed by atoms with Crippen LogP contribution in [0.1, 0.15) is 30.0 Å². The highest BCUT2D eigenvalue weighted by Gasteiger charge is 2.14. The monoisotopic (exact) mass is 308 g/mol. The van der Waals surface area contributed by atoms with Crippen molar-refractivity contribution in [3.63, 3.8) is 0 Å². The summed E-state index contributed by atoms with van der Waals surface area (Å²) >= 11 is 0. The molecule has 1 aromatic heterocycles. The number of ether oxygens (including phenoxy) is 1. The molecular weight excluding hydrogens is 288 g/mol. The Labute approximate surface area is 135 Å². The number of nitrogens with one attached hydrogen (secondary N) is 1. The second kappa shape index (κ2) is 6.67. The van der Waals surface area contributed by atoms with Crippen LogP contribution in [0.5, 0.6) is 5.75 Å². The van der Waals surface area contributed by atoms with Gasteiger partial charge in [0.15, 0.2) is 0 Å². The first kappa shape index (κ1) is 15.3. The molecule has 23 heavy (non-hydrogen) atoms. The first-order chi connectivity index (χ1) is 11.2. The number of aliphatic hydroxyl groups excluding tert-OH is 1. The summed E-state index contributed by atoms with van der Waals surface area (Å²) in [6, 6.07) is 15.7. The van der Waals surface area contributed by atoms with Crippen LogP contribution in [0.3, 0.4) is 0 Å². The topological polar surface area (TPSA) is 58.1 Å². The van der Waals surface area contributed by atoms with Crippen molar-refractivity contribution in [1.82, 2.24) is 9.97 Å². The minimum absolute atomic E-state index is 0.534. The molecule has 0 saturated carbocycles. The minimum Gasteiger partial charge on any atom is -0.497 e. The number of methoxy groups -OCH3 is 1. The van der Waals surface area contributed by atoms with Crippen molar-refractivity contribution in [2.24, 2.45) is 0 Å². The van der Waals surface area contributed by atoms with Gasteiger partial charge >= 0.3 is 0 Å². The average Bonchev–Trinajstić information content (AvgIpc) is 3.11. The molecule has 1 heterocycles. The van der Waals surface area contributed by atoms with Crippen molar-refractivity contribution in [3.05, 3.63) is 71.7 Å². The standard InChI is InChI=1S/C19H20N2O2/c1-3-13-7-9-14(10-8-13)18(22)19-20-12-17(21-19)15-5-4-6-16(11-15)23-2/h4-12,18,22H,3H2,1-2H3,(H,20,21). The molecule has 0 aliphatic rings. The molecule has 3 aromatic rings. The van der Waals surface area contributed by atoms with Crippen molar-refractivity contribution in [1.29, 1.82) is 0 Å². The SMILES string of the molecule is CCc1ccc(C(O)c2ncc(-c3cccc(OC)c3)[nH]2)cc1. The summed E-state index contributed by atoms with van der Waals surface area (Å²) < 4.78 is 5.24. The van der Waals surface area contributed by atoms with Gasteiger partial charge in [-0.05, 0) is 29.7 Å². The van der Waals surface area contributed by atoms with Gasteiger partial charge in [-0.1, -0.05) is 43.3 Å². The maximum Gasteiger partial charge on any atom is 0.140 e. The normalized spacial score (nSPS) is 12.1. The third-order valence-corrected chi connectivity index (χ3v) is 3.94. The smallest absolute Gasteiger partial charge is 0.140 e. The number of imidazole rings is 1. The van der Waals surface area contributed by atoms with Gasteiger partial charge in [0.25, 0.3) is 0 Å². The Hall–Kier alpha value is -2.59. The molecule has 0 spiro atoms. The molecule has 0 bridgehead atoms. The van der Waals surface area contributed by atoms with Crippen LogP contribution in [0, 0.1) is 0 Å². The lowest BCUT2D eigenvalue weighted by Crippen LogP contribution is -2.02. The zero-order valence-electron chi connectivity index (χ0n) is 13.3. The number of aromatic amines is 1. The molecular formula is C19H20N2O2. The van der Waals surface area contributed by atoms with E-state index in [2.05, 4.69) is 16.9 Å². The van der Waals surface area contributed by atoms with Crippen LogP contribution in [-0.2, 0) is 6.42 Å². The van der Waals surface area contributed by atoms with Gasteiger partial charge in [0.05, 0.1) is 19.0 Å². The van der Waals surface area contributed by atoms with Gasteiger partial charge in [-0.15, -0.1) is 0 Å². The molecule has 0 radical (unpaired) electrons. The van der Waals surface area contributed by atoms with Crippen molar-refractivity contribution in [2.75, 3.05) is 7.11 Å². The van der Waals surface area contributed by atoms with E-state index in [-0.39, 0.29) is 0 Å². The summed E-state index contributed by atoms with van der Waals surface area (Å²) in [6.45, 7) is 2.11. The zero-order valence-corrected chi connectivity index (χ0v) is 13.3. The number of rotatable bonds is 5. The lowest BCUT2D eigenvalue weighted by atomic mass is 10.1. The fourth-order valence-electron chi connectivity index (χ4n) is 2.51. The molecule has 1 atom stereocenters. The Morgan fingerprint density at radius 3 is 2.65 bits per heavy atom. The van der Waals surface area contributed by atoms with Gasteiger partial charge in [0, 0.05) is 5.56 Å². The summed E-state index contributed by atoms with van der Waals surface area (Å²) in [5.74, 6) is 1.32. The number of hydrogen-bond acceptors (Lipinski definition) is 3. The van der Waals surface area contributed by atoms with E-state index in [1.807, 2.05) is 48.5 Å². The van der Waals surface area contributed by atoms with Gasteiger partial charge in [-0.2, -0.15) is 0 Å². The van der Waals surface area contributed by atoms with Crippen LogP contribution < -0.4 is 4.74 Å².